The monoisotopic (exact) mass is 184 g/mol. The molecule has 2 heteroatoms. The first-order valence-electron chi connectivity index (χ1n) is 5.55. The summed E-state index contributed by atoms with van der Waals surface area (Å²) < 4.78 is 5.52. The largest absolute Gasteiger partial charge is 0.438 e. The van der Waals surface area contributed by atoms with Gasteiger partial charge in [0.15, 0.2) is 0 Å². The highest BCUT2D eigenvalue weighted by atomic mass is 16.4. The Morgan fingerprint density at radius 2 is 1.69 bits per heavy atom. The first-order valence-corrected chi connectivity index (χ1v) is 5.55. The molecule has 0 bridgehead atoms. The van der Waals surface area contributed by atoms with Gasteiger partial charge in [0, 0.05) is 7.11 Å². The molecule has 0 aromatic carbocycles. The van der Waals surface area contributed by atoms with E-state index in [-0.39, 0.29) is 0 Å². The maximum Gasteiger partial charge on any atom is 0.295 e. The zero-order valence-electron chi connectivity index (χ0n) is 10.1. The van der Waals surface area contributed by atoms with Crippen LogP contribution in [0.5, 0.6) is 0 Å². The predicted molar refractivity (Wildman–Crippen MR) is 61.3 cm³/mol. The van der Waals surface area contributed by atoms with Gasteiger partial charge in [-0.25, -0.2) is 0 Å². The highest BCUT2D eigenvalue weighted by Crippen LogP contribution is 2.24. The second-order valence-corrected chi connectivity index (χ2v) is 4.62. The standard InChI is InChI=1S/C11H25BO/c1-7-11(5)12(13-6)8-10(4)9(2)3/h9-11H,7-8H2,1-6H3. The van der Waals surface area contributed by atoms with E-state index in [0.29, 0.717) is 12.7 Å². The molecule has 0 amide bonds. The smallest absolute Gasteiger partial charge is 0.295 e. The fourth-order valence-corrected chi connectivity index (χ4v) is 1.46. The zero-order chi connectivity index (χ0) is 10.4. The highest BCUT2D eigenvalue weighted by molar-refractivity contribution is 6.53. The van der Waals surface area contributed by atoms with E-state index < -0.39 is 0 Å². The van der Waals surface area contributed by atoms with Crippen LogP contribution in [-0.4, -0.2) is 14.0 Å². The molecule has 0 aliphatic carbocycles. The van der Waals surface area contributed by atoms with Crippen LogP contribution in [0.15, 0.2) is 0 Å². The van der Waals surface area contributed by atoms with Crippen LogP contribution in [0.4, 0.5) is 0 Å². The molecule has 0 aliphatic heterocycles. The Morgan fingerprint density at radius 1 is 1.15 bits per heavy atom. The normalized spacial score (nSPS) is 15.9. The molecule has 0 aromatic rings. The topological polar surface area (TPSA) is 9.23 Å². The van der Waals surface area contributed by atoms with Gasteiger partial charge in [-0.15, -0.1) is 0 Å². The van der Waals surface area contributed by atoms with Gasteiger partial charge in [-0.05, 0) is 24.0 Å². The van der Waals surface area contributed by atoms with Gasteiger partial charge in [0.2, 0.25) is 0 Å². The maximum atomic E-state index is 5.52. The summed E-state index contributed by atoms with van der Waals surface area (Å²) >= 11 is 0. The Hall–Kier alpha value is 0.0249. The van der Waals surface area contributed by atoms with Crippen molar-refractivity contribution in [3.05, 3.63) is 0 Å². The Morgan fingerprint density at radius 3 is 2.00 bits per heavy atom. The molecule has 78 valence electrons. The molecule has 0 aromatic heterocycles. The lowest BCUT2D eigenvalue weighted by Crippen LogP contribution is -2.25. The number of hydrogen-bond acceptors (Lipinski definition) is 1. The van der Waals surface area contributed by atoms with Crippen molar-refractivity contribution in [1.29, 1.82) is 0 Å². The van der Waals surface area contributed by atoms with Crippen LogP contribution in [0.3, 0.4) is 0 Å². The van der Waals surface area contributed by atoms with Gasteiger partial charge in [0.1, 0.15) is 0 Å². The zero-order valence-corrected chi connectivity index (χ0v) is 10.1. The van der Waals surface area contributed by atoms with Gasteiger partial charge in [0.25, 0.3) is 6.92 Å². The highest BCUT2D eigenvalue weighted by Gasteiger charge is 2.24. The third-order valence-corrected chi connectivity index (χ3v) is 3.32. The second kappa shape index (κ2) is 6.47. The van der Waals surface area contributed by atoms with Crippen LogP contribution in [0.25, 0.3) is 0 Å². The van der Waals surface area contributed by atoms with Gasteiger partial charge >= 0.3 is 0 Å². The average molecular weight is 184 g/mol. The molecule has 0 N–H and O–H groups in total. The average Bonchev–Trinajstić information content (AvgIpc) is 2.12. The molecule has 0 spiro atoms. The van der Waals surface area contributed by atoms with E-state index in [9.17, 15) is 0 Å². The van der Waals surface area contributed by atoms with Crippen LogP contribution in [-0.2, 0) is 4.65 Å². The molecule has 0 heterocycles. The van der Waals surface area contributed by atoms with Gasteiger partial charge in [-0.1, -0.05) is 41.0 Å². The molecule has 2 atom stereocenters. The van der Waals surface area contributed by atoms with Crippen molar-refractivity contribution in [2.24, 2.45) is 11.8 Å². The third-order valence-electron chi connectivity index (χ3n) is 3.32. The fraction of sp³-hybridized carbons (Fsp3) is 1.00. The molecule has 0 saturated carbocycles. The van der Waals surface area contributed by atoms with E-state index in [1.807, 2.05) is 7.11 Å². The lowest BCUT2D eigenvalue weighted by Gasteiger charge is -2.23. The Balaban J connectivity index is 3.97. The molecule has 2 unspecified atom stereocenters. The van der Waals surface area contributed by atoms with Crippen LogP contribution >= 0.6 is 0 Å². The molecule has 13 heavy (non-hydrogen) atoms. The molecule has 1 nitrogen and oxygen atoms in total. The molecular weight excluding hydrogens is 159 g/mol. The first-order chi connectivity index (χ1) is 6.02. The van der Waals surface area contributed by atoms with Gasteiger partial charge in [0.05, 0.1) is 0 Å². The summed E-state index contributed by atoms with van der Waals surface area (Å²) in [4.78, 5) is 0. The number of hydrogen-bond donors (Lipinski definition) is 0. The summed E-state index contributed by atoms with van der Waals surface area (Å²) in [6.45, 7) is 11.8. The summed E-state index contributed by atoms with van der Waals surface area (Å²) in [6.07, 6.45) is 2.41. The van der Waals surface area contributed by atoms with E-state index in [0.717, 1.165) is 11.8 Å². The molecule has 0 aliphatic rings. The van der Waals surface area contributed by atoms with Crippen LogP contribution in [0.1, 0.15) is 41.0 Å². The van der Waals surface area contributed by atoms with E-state index in [1.165, 1.54) is 12.7 Å². The quantitative estimate of drug-likeness (QED) is 0.571. The van der Waals surface area contributed by atoms with Gasteiger partial charge in [-0.2, -0.15) is 0 Å². The Labute approximate surface area is 84.4 Å². The predicted octanol–water partition coefficient (Wildman–Crippen LogP) is 3.72. The SMILES string of the molecule is CCC(C)B(CC(C)C(C)C)OC. The van der Waals surface area contributed by atoms with Crippen LogP contribution in [0, 0.1) is 11.8 Å². The van der Waals surface area contributed by atoms with E-state index in [2.05, 4.69) is 34.6 Å². The van der Waals surface area contributed by atoms with Crippen molar-refractivity contribution in [3.8, 4) is 0 Å². The third kappa shape index (κ3) is 4.71. The van der Waals surface area contributed by atoms with Crippen molar-refractivity contribution in [3.63, 3.8) is 0 Å². The molecular formula is C11H25BO. The van der Waals surface area contributed by atoms with Crippen molar-refractivity contribution in [2.75, 3.05) is 7.11 Å². The Bertz CT molecular complexity index is 125. The molecule has 0 radical (unpaired) electrons. The van der Waals surface area contributed by atoms with Crippen LogP contribution < -0.4 is 0 Å². The minimum atomic E-state index is 0.447. The van der Waals surface area contributed by atoms with Crippen molar-refractivity contribution in [1.82, 2.24) is 0 Å². The fourth-order valence-electron chi connectivity index (χ4n) is 1.46. The van der Waals surface area contributed by atoms with Crippen molar-refractivity contribution < 1.29 is 4.65 Å². The Kier molecular flexibility index (Phi) is 6.49. The first kappa shape index (κ1) is 13.0. The number of rotatable bonds is 6. The summed E-state index contributed by atoms with van der Waals surface area (Å²) in [5, 5.41) is 0. The lowest BCUT2D eigenvalue weighted by atomic mass is 9.50. The second-order valence-electron chi connectivity index (χ2n) is 4.62. The van der Waals surface area contributed by atoms with Crippen molar-refractivity contribution >= 4 is 6.92 Å². The molecule has 0 rings (SSSR count). The summed E-state index contributed by atoms with van der Waals surface area (Å²) in [6, 6.07) is 0. The summed E-state index contributed by atoms with van der Waals surface area (Å²) in [5.41, 5.74) is 0. The van der Waals surface area contributed by atoms with Gasteiger partial charge < -0.3 is 4.65 Å². The maximum absolute atomic E-state index is 5.52. The summed E-state index contributed by atoms with van der Waals surface area (Å²) in [7, 11) is 1.84. The van der Waals surface area contributed by atoms with Crippen molar-refractivity contribution in [2.45, 2.75) is 53.2 Å². The molecule has 0 fully saturated rings. The van der Waals surface area contributed by atoms with E-state index in [1.54, 1.807) is 0 Å². The minimum Gasteiger partial charge on any atom is -0.438 e. The minimum absolute atomic E-state index is 0.447. The molecule has 0 saturated heterocycles. The van der Waals surface area contributed by atoms with Gasteiger partial charge in [-0.3, -0.25) is 0 Å². The van der Waals surface area contributed by atoms with Crippen LogP contribution in [0.2, 0.25) is 12.1 Å². The summed E-state index contributed by atoms with van der Waals surface area (Å²) in [5.74, 6) is 2.21. The van der Waals surface area contributed by atoms with E-state index in [4.69, 9.17) is 4.65 Å². The van der Waals surface area contributed by atoms with E-state index >= 15 is 0 Å². The lowest BCUT2D eigenvalue weighted by molar-refractivity contribution is 0.375.